The number of carbonyl (C=O) groups is 2. The minimum absolute atomic E-state index is 0.0163. The number of hydrogen-bond acceptors (Lipinski definition) is 4. The van der Waals surface area contributed by atoms with Gasteiger partial charge in [0, 0.05) is 6.54 Å². The van der Waals surface area contributed by atoms with Crippen LogP contribution in [0.5, 0.6) is 0 Å². The van der Waals surface area contributed by atoms with E-state index in [0.717, 1.165) is 0 Å². The van der Waals surface area contributed by atoms with E-state index in [0.29, 0.717) is 6.54 Å². The Balaban J connectivity index is 2.85. The Labute approximate surface area is 134 Å². The quantitative estimate of drug-likeness (QED) is 0.614. The van der Waals surface area contributed by atoms with Crippen LogP contribution in [-0.4, -0.2) is 57.8 Å². The summed E-state index contributed by atoms with van der Waals surface area (Å²) in [6.07, 6.45) is 0.873. The van der Waals surface area contributed by atoms with Gasteiger partial charge in [-0.05, 0) is 18.5 Å². The van der Waals surface area contributed by atoms with Crippen molar-refractivity contribution in [3.05, 3.63) is 12.7 Å². The van der Waals surface area contributed by atoms with E-state index in [2.05, 4.69) is 45.8 Å². The molecule has 0 aromatic rings. The average molecular weight is 328 g/mol. The normalized spacial score (nSPS) is 20.5. The third-order valence-corrected chi connectivity index (χ3v) is 4.16. The molecule has 2 atom stereocenters. The Morgan fingerprint density at radius 2 is 2.18 bits per heavy atom. The van der Waals surface area contributed by atoms with Crippen molar-refractivity contribution in [3.8, 4) is 0 Å². The van der Waals surface area contributed by atoms with Crippen LogP contribution in [0.1, 0.15) is 20.8 Å². The molecule has 1 fully saturated rings. The summed E-state index contributed by atoms with van der Waals surface area (Å²) < 4.78 is 11.2. The Morgan fingerprint density at radius 1 is 1.55 bits per heavy atom. The zero-order valence-corrected chi connectivity index (χ0v) is 15.4. The highest BCUT2D eigenvalue weighted by molar-refractivity contribution is 6.48. The van der Waals surface area contributed by atoms with Crippen LogP contribution in [0, 0.1) is 5.41 Å². The molecule has 1 unspecified atom stereocenters. The largest absolute Gasteiger partial charge is 0.445 e. The van der Waals surface area contributed by atoms with E-state index in [9.17, 15) is 9.59 Å². The summed E-state index contributed by atoms with van der Waals surface area (Å²) in [5.41, 5.74) is -0.136. The second-order valence-electron chi connectivity index (χ2n) is 6.89. The van der Waals surface area contributed by atoms with Gasteiger partial charge in [0.2, 0.25) is 5.91 Å². The maximum atomic E-state index is 12.0. The summed E-state index contributed by atoms with van der Waals surface area (Å²) in [6.45, 7) is 14.5. The molecule has 2 amide bonds. The first-order chi connectivity index (χ1) is 10.1. The highest BCUT2D eigenvalue weighted by atomic mass is 28.3. The molecule has 1 aliphatic rings. The lowest BCUT2D eigenvalue weighted by molar-refractivity contribution is -0.127. The predicted octanol–water partition coefficient (Wildman–Crippen LogP) is 1.52. The Morgan fingerprint density at radius 3 is 2.68 bits per heavy atom. The molecule has 0 saturated carbocycles. The van der Waals surface area contributed by atoms with Crippen LogP contribution in [0.15, 0.2) is 12.7 Å². The zero-order chi connectivity index (χ0) is 16.9. The van der Waals surface area contributed by atoms with Gasteiger partial charge < -0.3 is 14.5 Å². The summed E-state index contributed by atoms with van der Waals surface area (Å²) in [6, 6.07) is -0.229. The Bertz CT molecular complexity index is 420. The van der Waals surface area contributed by atoms with Crippen molar-refractivity contribution in [3.63, 3.8) is 0 Å². The first kappa shape index (κ1) is 18.7. The van der Waals surface area contributed by atoms with Gasteiger partial charge in [-0.15, -0.1) is 0 Å². The first-order valence-electron chi connectivity index (χ1n) is 7.62. The van der Waals surface area contributed by atoms with E-state index < -0.39 is 15.1 Å². The average Bonchev–Trinajstić information content (AvgIpc) is 2.40. The number of amides is 2. The lowest BCUT2D eigenvalue weighted by atomic mass is 9.84. The van der Waals surface area contributed by atoms with Crippen LogP contribution >= 0.6 is 0 Å². The van der Waals surface area contributed by atoms with Crippen molar-refractivity contribution in [1.82, 2.24) is 10.2 Å². The number of nitrogens with one attached hydrogen (secondary N) is 1. The zero-order valence-electron chi connectivity index (χ0n) is 14.2. The number of rotatable bonds is 5. The van der Waals surface area contributed by atoms with E-state index >= 15 is 0 Å². The highest BCUT2D eigenvalue weighted by Crippen LogP contribution is 2.27. The molecule has 6 nitrogen and oxygen atoms in total. The Hall–Kier alpha value is -1.34. The molecular formula is C15H28N2O4Si. The summed E-state index contributed by atoms with van der Waals surface area (Å²) in [5, 5.41) is 2.96. The monoisotopic (exact) mass is 328 g/mol. The van der Waals surface area contributed by atoms with Gasteiger partial charge in [-0.3, -0.25) is 9.69 Å². The lowest BCUT2D eigenvalue weighted by Crippen LogP contribution is -2.62. The fourth-order valence-corrected chi connectivity index (χ4v) is 3.69. The number of carbonyl (C=O) groups excluding carboxylic acids is 2. The van der Waals surface area contributed by atoms with Crippen LogP contribution in [0.3, 0.4) is 0 Å². The van der Waals surface area contributed by atoms with E-state index in [4.69, 9.17) is 9.16 Å². The van der Waals surface area contributed by atoms with Gasteiger partial charge in [0.25, 0.3) is 0 Å². The molecule has 1 heterocycles. The molecule has 0 spiro atoms. The fourth-order valence-electron chi connectivity index (χ4n) is 2.50. The topological polar surface area (TPSA) is 67.9 Å². The molecule has 22 heavy (non-hydrogen) atoms. The maximum Gasteiger partial charge on any atom is 0.410 e. The van der Waals surface area contributed by atoms with Crippen molar-refractivity contribution >= 4 is 21.0 Å². The van der Waals surface area contributed by atoms with Gasteiger partial charge in [-0.1, -0.05) is 33.4 Å². The van der Waals surface area contributed by atoms with Gasteiger partial charge in [0.15, 0.2) is 9.04 Å². The molecular weight excluding hydrogens is 300 g/mol. The van der Waals surface area contributed by atoms with Crippen molar-refractivity contribution in [2.75, 3.05) is 19.7 Å². The molecule has 1 N–H and O–H groups in total. The molecule has 0 aromatic carbocycles. The molecule has 0 aliphatic carbocycles. The van der Waals surface area contributed by atoms with E-state index in [-0.39, 0.29) is 36.6 Å². The van der Waals surface area contributed by atoms with Crippen molar-refractivity contribution < 1.29 is 18.8 Å². The van der Waals surface area contributed by atoms with Crippen molar-refractivity contribution in [2.24, 2.45) is 5.41 Å². The SMILES string of the molecule is C=CCOC(=O)N1CC(=O)N[C@@H](C(O[SiH](C)C)C(C)(C)C)C1. The molecule has 1 aliphatic heterocycles. The minimum atomic E-state index is -1.28. The molecule has 7 heteroatoms. The molecule has 1 saturated heterocycles. The van der Waals surface area contributed by atoms with Crippen LogP contribution in [-0.2, 0) is 14.0 Å². The fraction of sp³-hybridized carbons (Fsp3) is 0.733. The van der Waals surface area contributed by atoms with E-state index in [1.807, 2.05) is 0 Å². The van der Waals surface area contributed by atoms with Gasteiger partial charge in [0.1, 0.15) is 13.2 Å². The molecule has 0 bridgehead atoms. The van der Waals surface area contributed by atoms with Gasteiger partial charge in [-0.2, -0.15) is 0 Å². The summed E-state index contributed by atoms with van der Waals surface area (Å²) in [7, 11) is -1.28. The van der Waals surface area contributed by atoms with E-state index in [1.165, 1.54) is 11.0 Å². The number of nitrogens with zero attached hydrogens (tertiary/aromatic N) is 1. The third-order valence-electron chi connectivity index (χ3n) is 3.32. The molecule has 0 aromatic heterocycles. The van der Waals surface area contributed by atoms with Gasteiger partial charge in [-0.25, -0.2) is 4.79 Å². The minimum Gasteiger partial charge on any atom is -0.445 e. The lowest BCUT2D eigenvalue weighted by Gasteiger charge is -2.42. The molecule has 126 valence electrons. The standard InChI is InChI=1S/C15H28N2O4Si/c1-7-8-20-14(19)17-9-11(16-12(18)10-17)13(15(2,3)4)21-22(5)6/h7,11,13,22H,1,8-10H2,2-6H3,(H,16,18)/t11-,13?/m1/s1. The smallest absolute Gasteiger partial charge is 0.410 e. The second kappa shape index (κ2) is 7.78. The van der Waals surface area contributed by atoms with Gasteiger partial charge in [0.05, 0.1) is 12.1 Å². The second-order valence-corrected chi connectivity index (χ2v) is 9.26. The Kier molecular flexibility index (Phi) is 6.61. The van der Waals surface area contributed by atoms with Crippen molar-refractivity contribution in [2.45, 2.75) is 46.0 Å². The van der Waals surface area contributed by atoms with Crippen LogP contribution < -0.4 is 5.32 Å². The van der Waals surface area contributed by atoms with Gasteiger partial charge >= 0.3 is 6.09 Å². The van der Waals surface area contributed by atoms with E-state index in [1.54, 1.807) is 0 Å². The summed E-state index contributed by atoms with van der Waals surface area (Å²) >= 11 is 0. The number of hydrogen-bond donors (Lipinski definition) is 1. The highest BCUT2D eigenvalue weighted by Gasteiger charge is 2.39. The maximum absolute atomic E-state index is 12.0. The van der Waals surface area contributed by atoms with Crippen LogP contribution in [0.2, 0.25) is 13.1 Å². The number of ether oxygens (including phenoxy) is 1. The predicted molar refractivity (Wildman–Crippen MR) is 88.3 cm³/mol. The van der Waals surface area contributed by atoms with Crippen LogP contribution in [0.25, 0.3) is 0 Å². The third kappa shape index (κ3) is 5.45. The first-order valence-corrected chi connectivity index (χ1v) is 10.4. The molecule has 1 rings (SSSR count). The summed E-state index contributed by atoms with van der Waals surface area (Å²) in [4.78, 5) is 25.4. The summed E-state index contributed by atoms with van der Waals surface area (Å²) in [5.74, 6) is -0.185. The number of piperazine rings is 1. The van der Waals surface area contributed by atoms with Crippen LogP contribution in [0.4, 0.5) is 4.79 Å². The van der Waals surface area contributed by atoms with Crippen molar-refractivity contribution in [1.29, 1.82) is 0 Å². The molecule has 0 radical (unpaired) electrons.